The lowest BCUT2D eigenvalue weighted by Gasteiger charge is -2.26. The Labute approximate surface area is 134 Å². The van der Waals surface area contributed by atoms with Crippen LogP contribution in [0.2, 0.25) is 0 Å². The Morgan fingerprint density at radius 3 is 2.91 bits per heavy atom. The molecule has 4 nitrogen and oxygen atoms in total. The van der Waals surface area contributed by atoms with Crippen LogP contribution in [0, 0.1) is 0 Å². The number of thioether (sulfide) groups is 1. The highest BCUT2D eigenvalue weighted by Crippen LogP contribution is 2.36. The van der Waals surface area contributed by atoms with Gasteiger partial charge in [0.2, 0.25) is 0 Å². The van der Waals surface area contributed by atoms with Crippen molar-refractivity contribution < 1.29 is 4.79 Å². The van der Waals surface area contributed by atoms with E-state index in [1.54, 1.807) is 12.3 Å². The zero-order chi connectivity index (χ0) is 15.5. The number of rotatable bonds is 3. The zero-order valence-electron chi connectivity index (χ0n) is 12.7. The third-order valence-corrected chi connectivity index (χ3v) is 4.84. The lowest BCUT2D eigenvalue weighted by Crippen LogP contribution is -2.32. The summed E-state index contributed by atoms with van der Waals surface area (Å²) in [5.74, 6) is 1.65. The SMILES string of the molecule is CN(C)c1ncccc1C(=O)NC1CCSc2ccccc21. The minimum absolute atomic E-state index is 0.0662. The predicted molar refractivity (Wildman–Crippen MR) is 90.6 cm³/mol. The van der Waals surface area contributed by atoms with E-state index in [4.69, 9.17) is 0 Å². The fourth-order valence-electron chi connectivity index (χ4n) is 2.66. The Hall–Kier alpha value is -2.01. The van der Waals surface area contributed by atoms with E-state index in [9.17, 15) is 4.79 Å². The molecule has 1 aliphatic rings. The van der Waals surface area contributed by atoms with Crippen LogP contribution in [0.15, 0.2) is 47.5 Å². The number of anilines is 1. The van der Waals surface area contributed by atoms with Crippen molar-refractivity contribution in [1.29, 1.82) is 0 Å². The molecular weight excluding hydrogens is 294 g/mol. The molecule has 1 unspecified atom stereocenters. The first-order valence-electron chi connectivity index (χ1n) is 7.32. The monoisotopic (exact) mass is 313 g/mol. The van der Waals surface area contributed by atoms with Gasteiger partial charge in [0.15, 0.2) is 0 Å². The summed E-state index contributed by atoms with van der Waals surface area (Å²) >= 11 is 1.85. The van der Waals surface area contributed by atoms with Gasteiger partial charge in [-0.25, -0.2) is 4.98 Å². The van der Waals surface area contributed by atoms with Crippen molar-refractivity contribution in [2.75, 3.05) is 24.7 Å². The number of carbonyl (C=O) groups excluding carboxylic acids is 1. The summed E-state index contributed by atoms with van der Waals surface area (Å²) in [6.07, 6.45) is 2.66. The average Bonchev–Trinajstić information content (AvgIpc) is 2.55. The maximum atomic E-state index is 12.7. The number of nitrogens with one attached hydrogen (secondary N) is 1. The van der Waals surface area contributed by atoms with Gasteiger partial charge in [-0.05, 0) is 30.2 Å². The van der Waals surface area contributed by atoms with Gasteiger partial charge < -0.3 is 10.2 Å². The van der Waals surface area contributed by atoms with Crippen molar-refractivity contribution >= 4 is 23.5 Å². The highest BCUT2D eigenvalue weighted by Gasteiger charge is 2.23. The molecule has 1 amide bonds. The van der Waals surface area contributed by atoms with Crippen molar-refractivity contribution in [2.24, 2.45) is 0 Å². The molecule has 2 heterocycles. The number of amides is 1. The second kappa shape index (κ2) is 6.40. The Morgan fingerprint density at radius 1 is 1.27 bits per heavy atom. The Balaban J connectivity index is 1.84. The Bertz CT molecular complexity index is 687. The van der Waals surface area contributed by atoms with Gasteiger partial charge in [-0.1, -0.05) is 18.2 Å². The molecule has 1 N–H and O–H groups in total. The summed E-state index contributed by atoms with van der Waals surface area (Å²) < 4.78 is 0. The van der Waals surface area contributed by atoms with Crippen molar-refractivity contribution in [3.8, 4) is 0 Å². The van der Waals surface area contributed by atoms with E-state index < -0.39 is 0 Å². The molecule has 3 rings (SSSR count). The molecule has 0 radical (unpaired) electrons. The second-order valence-electron chi connectivity index (χ2n) is 5.47. The highest BCUT2D eigenvalue weighted by molar-refractivity contribution is 7.99. The van der Waals surface area contributed by atoms with Gasteiger partial charge in [-0.3, -0.25) is 4.79 Å². The summed E-state index contributed by atoms with van der Waals surface area (Å²) in [6, 6.07) is 12.0. The quantitative estimate of drug-likeness (QED) is 0.946. The number of hydrogen-bond acceptors (Lipinski definition) is 4. The van der Waals surface area contributed by atoms with E-state index in [1.807, 2.05) is 49.0 Å². The van der Waals surface area contributed by atoms with Crippen molar-refractivity contribution in [1.82, 2.24) is 10.3 Å². The number of carbonyl (C=O) groups is 1. The lowest BCUT2D eigenvalue weighted by molar-refractivity contribution is 0.0935. The summed E-state index contributed by atoms with van der Waals surface area (Å²) in [5.41, 5.74) is 1.82. The molecule has 0 bridgehead atoms. The van der Waals surface area contributed by atoms with Crippen LogP contribution < -0.4 is 10.2 Å². The molecule has 0 saturated heterocycles. The lowest BCUT2D eigenvalue weighted by atomic mass is 10.0. The van der Waals surface area contributed by atoms with E-state index >= 15 is 0 Å². The first kappa shape index (κ1) is 14.9. The normalized spacial score (nSPS) is 16.7. The Kier molecular flexibility index (Phi) is 4.34. The number of fused-ring (bicyclic) bond motifs is 1. The van der Waals surface area contributed by atoms with Gasteiger partial charge in [0.25, 0.3) is 5.91 Å². The summed E-state index contributed by atoms with van der Waals surface area (Å²) in [4.78, 5) is 20.1. The number of nitrogens with zero attached hydrogens (tertiary/aromatic N) is 2. The van der Waals surface area contributed by atoms with Crippen LogP contribution in [0.1, 0.15) is 28.4 Å². The zero-order valence-corrected chi connectivity index (χ0v) is 13.6. The van der Waals surface area contributed by atoms with Crippen LogP contribution in [0.5, 0.6) is 0 Å². The third-order valence-electron chi connectivity index (χ3n) is 3.72. The third kappa shape index (κ3) is 2.95. The van der Waals surface area contributed by atoms with Gasteiger partial charge >= 0.3 is 0 Å². The fraction of sp³-hybridized carbons (Fsp3) is 0.294. The molecule has 1 aromatic heterocycles. The van der Waals surface area contributed by atoms with Crippen molar-refractivity contribution in [3.63, 3.8) is 0 Å². The summed E-state index contributed by atoms with van der Waals surface area (Å²) in [6.45, 7) is 0. The van der Waals surface area contributed by atoms with E-state index in [0.29, 0.717) is 11.4 Å². The molecule has 0 fully saturated rings. The summed E-state index contributed by atoms with van der Waals surface area (Å²) in [5, 5.41) is 3.17. The molecule has 5 heteroatoms. The average molecular weight is 313 g/mol. The predicted octanol–water partition coefficient (Wildman–Crippen LogP) is 3.11. The first-order valence-corrected chi connectivity index (χ1v) is 8.30. The maximum Gasteiger partial charge on any atom is 0.255 e. The fourth-order valence-corrected chi connectivity index (χ4v) is 3.78. The molecule has 0 aliphatic carbocycles. The molecule has 0 spiro atoms. The molecule has 2 aromatic rings. The van der Waals surface area contributed by atoms with Crippen molar-refractivity contribution in [2.45, 2.75) is 17.4 Å². The number of aromatic nitrogens is 1. The van der Waals surface area contributed by atoms with Crippen LogP contribution in [-0.2, 0) is 0 Å². The molecule has 1 atom stereocenters. The van der Waals surface area contributed by atoms with E-state index in [-0.39, 0.29) is 11.9 Å². The molecule has 22 heavy (non-hydrogen) atoms. The van der Waals surface area contributed by atoms with Gasteiger partial charge in [-0.15, -0.1) is 11.8 Å². The maximum absolute atomic E-state index is 12.7. The molecule has 1 aromatic carbocycles. The minimum Gasteiger partial charge on any atom is -0.362 e. The topological polar surface area (TPSA) is 45.2 Å². The Morgan fingerprint density at radius 2 is 2.09 bits per heavy atom. The van der Waals surface area contributed by atoms with E-state index in [2.05, 4.69) is 22.4 Å². The van der Waals surface area contributed by atoms with Gasteiger partial charge in [0.1, 0.15) is 5.82 Å². The second-order valence-corrected chi connectivity index (χ2v) is 6.61. The minimum atomic E-state index is -0.0662. The molecule has 114 valence electrons. The van der Waals surface area contributed by atoms with E-state index in [0.717, 1.165) is 12.2 Å². The van der Waals surface area contributed by atoms with Crippen LogP contribution in [0.25, 0.3) is 0 Å². The smallest absolute Gasteiger partial charge is 0.255 e. The molecule has 0 saturated carbocycles. The molecule has 1 aliphatic heterocycles. The van der Waals surface area contributed by atoms with Crippen LogP contribution in [-0.4, -0.2) is 30.7 Å². The van der Waals surface area contributed by atoms with Crippen LogP contribution in [0.3, 0.4) is 0 Å². The first-order chi connectivity index (χ1) is 10.7. The van der Waals surface area contributed by atoms with E-state index in [1.165, 1.54) is 10.5 Å². The number of benzene rings is 1. The van der Waals surface area contributed by atoms with Gasteiger partial charge in [0.05, 0.1) is 11.6 Å². The van der Waals surface area contributed by atoms with Crippen LogP contribution >= 0.6 is 11.8 Å². The molecular formula is C17H19N3OS. The highest BCUT2D eigenvalue weighted by atomic mass is 32.2. The summed E-state index contributed by atoms with van der Waals surface area (Å²) in [7, 11) is 3.79. The number of hydrogen-bond donors (Lipinski definition) is 1. The van der Waals surface area contributed by atoms with Crippen molar-refractivity contribution in [3.05, 3.63) is 53.7 Å². The number of pyridine rings is 1. The largest absolute Gasteiger partial charge is 0.362 e. The van der Waals surface area contributed by atoms with Gasteiger partial charge in [0, 0.05) is 30.9 Å². The van der Waals surface area contributed by atoms with Crippen LogP contribution in [0.4, 0.5) is 5.82 Å². The standard InChI is InChI=1S/C17H19N3OS/c1-20(2)16-13(7-5-10-18-16)17(21)19-14-9-11-22-15-8-4-3-6-12(14)15/h3-8,10,14H,9,11H2,1-2H3,(H,19,21). The van der Waals surface area contributed by atoms with Gasteiger partial charge in [-0.2, -0.15) is 0 Å².